The Kier molecular flexibility index (Phi) is 3.81. The van der Waals surface area contributed by atoms with Gasteiger partial charge in [0.2, 0.25) is 0 Å². The summed E-state index contributed by atoms with van der Waals surface area (Å²) in [6, 6.07) is 11.7. The zero-order valence-electron chi connectivity index (χ0n) is 9.66. The molecule has 1 aromatic heterocycles. The van der Waals surface area contributed by atoms with Crippen molar-refractivity contribution in [3.63, 3.8) is 0 Å². The molecule has 1 heterocycles. The number of halogens is 3. The van der Waals surface area contributed by atoms with Crippen molar-refractivity contribution in [2.24, 2.45) is 0 Å². The Morgan fingerprint density at radius 1 is 1.11 bits per heavy atom. The molecule has 19 heavy (non-hydrogen) atoms. The molecular weight excluding hydrogens is 365 g/mol. The molecule has 0 fully saturated rings. The van der Waals surface area contributed by atoms with E-state index in [0.29, 0.717) is 10.0 Å². The molecule has 1 nitrogen and oxygen atoms in total. The van der Waals surface area contributed by atoms with Gasteiger partial charge in [-0.1, -0.05) is 51.3 Å². The summed E-state index contributed by atoms with van der Waals surface area (Å²) in [5.74, 6) is 0. The third-order valence-corrected chi connectivity index (χ3v) is 5.10. The zero-order chi connectivity index (χ0) is 13.4. The molecule has 0 saturated heterocycles. The van der Waals surface area contributed by atoms with Crippen LogP contribution >= 0.6 is 50.5 Å². The van der Waals surface area contributed by atoms with Crippen LogP contribution in [0.15, 0.2) is 36.4 Å². The minimum absolute atomic E-state index is 0.632. The van der Waals surface area contributed by atoms with Gasteiger partial charge in [-0.15, -0.1) is 11.3 Å². The van der Waals surface area contributed by atoms with Crippen molar-refractivity contribution in [2.75, 3.05) is 0 Å². The maximum atomic E-state index is 6.22. The standard InChI is InChI=1S/C14H8BrCl2NS/c15-7-8-4-5-11-12(6-8)19-14(18-11)13-9(16)2-1-3-10(13)17/h1-6H,7H2. The number of nitrogens with zero attached hydrogens (tertiary/aromatic N) is 1. The molecule has 0 bridgehead atoms. The van der Waals surface area contributed by atoms with Crippen molar-refractivity contribution >= 4 is 60.7 Å². The molecule has 0 N–H and O–H groups in total. The van der Waals surface area contributed by atoms with Gasteiger partial charge in [-0.05, 0) is 29.8 Å². The van der Waals surface area contributed by atoms with Gasteiger partial charge in [0.15, 0.2) is 0 Å². The highest BCUT2D eigenvalue weighted by atomic mass is 79.9. The van der Waals surface area contributed by atoms with Crippen molar-refractivity contribution in [1.82, 2.24) is 4.98 Å². The number of alkyl halides is 1. The Hall–Kier alpha value is -0.610. The average molecular weight is 373 g/mol. The minimum Gasteiger partial charge on any atom is -0.236 e. The van der Waals surface area contributed by atoms with Crippen LogP contribution in [0.2, 0.25) is 10.0 Å². The summed E-state index contributed by atoms with van der Waals surface area (Å²) < 4.78 is 1.14. The second kappa shape index (κ2) is 5.41. The first kappa shape index (κ1) is 13.4. The fraction of sp³-hybridized carbons (Fsp3) is 0.0714. The predicted octanol–water partition coefficient (Wildman–Crippen LogP) is 6.17. The van der Waals surface area contributed by atoms with Crippen LogP contribution in [0.5, 0.6) is 0 Å². The van der Waals surface area contributed by atoms with Gasteiger partial charge in [-0.2, -0.15) is 0 Å². The van der Waals surface area contributed by atoms with E-state index in [9.17, 15) is 0 Å². The lowest BCUT2D eigenvalue weighted by Gasteiger charge is -2.01. The molecule has 0 spiro atoms. The lowest BCUT2D eigenvalue weighted by Crippen LogP contribution is -1.80. The summed E-state index contributed by atoms with van der Waals surface area (Å²) in [7, 11) is 0. The van der Waals surface area contributed by atoms with Gasteiger partial charge in [0, 0.05) is 10.9 Å². The van der Waals surface area contributed by atoms with Crippen LogP contribution in [0.4, 0.5) is 0 Å². The second-order valence-electron chi connectivity index (χ2n) is 4.05. The van der Waals surface area contributed by atoms with Crippen molar-refractivity contribution < 1.29 is 0 Å². The summed E-state index contributed by atoms with van der Waals surface area (Å²) in [6.07, 6.45) is 0. The quantitative estimate of drug-likeness (QED) is 0.490. The molecule has 0 unspecified atom stereocenters. The topological polar surface area (TPSA) is 12.9 Å². The number of hydrogen-bond acceptors (Lipinski definition) is 2. The maximum Gasteiger partial charge on any atom is 0.127 e. The lowest BCUT2D eigenvalue weighted by molar-refractivity contribution is 1.44. The number of benzene rings is 2. The molecular formula is C14H8BrCl2NS. The number of fused-ring (bicyclic) bond motifs is 1. The predicted molar refractivity (Wildman–Crippen MR) is 87.7 cm³/mol. The molecule has 3 rings (SSSR count). The van der Waals surface area contributed by atoms with E-state index >= 15 is 0 Å². The van der Waals surface area contributed by atoms with E-state index in [2.05, 4.69) is 33.0 Å². The third kappa shape index (κ3) is 2.52. The highest BCUT2D eigenvalue weighted by Gasteiger charge is 2.13. The Balaban J connectivity index is 2.21. The van der Waals surface area contributed by atoms with E-state index in [1.165, 1.54) is 5.56 Å². The van der Waals surface area contributed by atoms with Gasteiger partial charge in [0.1, 0.15) is 5.01 Å². The van der Waals surface area contributed by atoms with E-state index < -0.39 is 0 Å². The van der Waals surface area contributed by atoms with E-state index in [1.54, 1.807) is 11.3 Å². The molecule has 0 atom stereocenters. The SMILES string of the molecule is Clc1cccc(Cl)c1-c1nc2ccc(CBr)cc2s1. The number of rotatable bonds is 2. The van der Waals surface area contributed by atoms with Crippen LogP contribution in [0.25, 0.3) is 20.8 Å². The lowest BCUT2D eigenvalue weighted by atomic mass is 10.2. The first-order valence-electron chi connectivity index (χ1n) is 5.59. The number of thiazole rings is 1. The van der Waals surface area contributed by atoms with Gasteiger partial charge < -0.3 is 0 Å². The largest absolute Gasteiger partial charge is 0.236 e. The second-order valence-corrected chi connectivity index (χ2v) is 6.46. The fourth-order valence-corrected chi connectivity index (χ4v) is 4.00. The van der Waals surface area contributed by atoms with E-state index in [-0.39, 0.29) is 0 Å². The summed E-state index contributed by atoms with van der Waals surface area (Å²) in [6.45, 7) is 0. The Labute approximate surface area is 133 Å². The summed E-state index contributed by atoms with van der Waals surface area (Å²) in [5, 5.41) is 2.96. The fourth-order valence-electron chi connectivity index (χ4n) is 1.86. The molecule has 2 aromatic carbocycles. The first-order chi connectivity index (χ1) is 9.19. The smallest absolute Gasteiger partial charge is 0.127 e. The molecule has 0 aliphatic rings. The van der Waals surface area contributed by atoms with Gasteiger partial charge in [0.05, 0.1) is 20.3 Å². The normalized spacial score (nSPS) is 11.1. The molecule has 96 valence electrons. The van der Waals surface area contributed by atoms with E-state index in [1.807, 2.05) is 24.3 Å². The van der Waals surface area contributed by atoms with Gasteiger partial charge in [-0.25, -0.2) is 4.98 Å². The maximum absolute atomic E-state index is 6.22. The molecule has 0 amide bonds. The van der Waals surface area contributed by atoms with Crippen molar-refractivity contribution in [3.8, 4) is 10.6 Å². The van der Waals surface area contributed by atoms with Crippen LogP contribution in [0, 0.1) is 0 Å². The highest BCUT2D eigenvalue weighted by Crippen LogP contribution is 2.39. The summed E-state index contributed by atoms with van der Waals surface area (Å²) in [5.41, 5.74) is 3.01. The van der Waals surface area contributed by atoms with E-state index in [4.69, 9.17) is 23.2 Å². The van der Waals surface area contributed by atoms with Crippen LogP contribution in [-0.2, 0) is 5.33 Å². The van der Waals surface area contributed by atoms with Crippen LogP contribution < -0.4 is 0 Å². The monoisotopic (exact) mass is 371 g/mol. The molecule has 0 saturated carbocycles. The summed E-state index contributed by atoms with van der Waals surface area (Å²) >= 11 is 17.5. The molecule has 0 aliphatic carbocycles. The van der Waals surface area contributed by atoms with Gasteiger partial charge in [-0.3, -0.25) is 0 Å². The molecule has 0 radical (unpaired) electrons. The van der Waals surface area contributed by atoms with Crippen LogP contribution in [-0.4, -0.2) is 4.98 Å². The molecule has 5 heteroatoms. The Morgan fingerprint density at radius 2 is 1.84 bits per heavy atom. The zero-order valence-corrected chi connectivity index (χ0v) is 13.6. The van der Waals surface area contributed by atoms with Crippen molar-refractivity contribution in [1.29, 1.82) is 0 Å². The van der Waals surface area contributed by atoms with Crippen LogP contribution in [0.3, 0.4) is 0 Å². The minimum atomic E-state index is 0.632. The molecule has 3 aromatic rings. The van der Waals surface area contributed by atoms with Gasteiger partial charge in [0.25, 0.3) is 0 Å². The van der Waals surface area contributed by atoms with E-state index in [0.717, 1.165) is 26.1 Å². The number of aromatic nitrogens is 1. The average Bonchev–Trinajstić information content (AvgIpc) is 2.80. The Bertz CT molecular complexity index is 734. The summed E-state index contributed by atoms with van der Waals surface area (Å²) in [4.78, 5) is 4.61. The van der Waals surface area contributed by atoms with Gasteiger partial charge >= 0.3 is 0 Å². The molecule has 0 aliphatic heterocycles. The van der Waals surface area contributed by atoms with Crippen LogP contribution in [0.1, 0.15) is 5.56 Å². The highest BCUT2D eigenvalue weighted by molar-refractivity contribution is 9.08. The first-order valence-corrected chi connectivity index (χ1v) is 8.28. The van der Waals surface area contributed by atoms with Crippen molar-refractivity contribution in [3.05, 3.63) is 52.0 Å². The van der Waals surface area contributed by atoms with Crippen molar-refractivity contribution in [2.45, 2.75) is 5.33 Å². The number of hydrogen-bond donors (Lipinski definition) is 0. The Morgan fingerprint density at radius 3 is 2.53 bits per heavy atom. The third-order valence-electron chi connectivity index (χ3n) is 2.78.